The van der Waals surface area contributed by atoms with Crippen molar-refractivity contribution in [3.8, 4) is 0 Å². The Hall–Kier alpha value is -1.20. The standard InChI is InChI=1S/C14H21N3O2/c18-8-9-19-11-4-6-17(7-5-11)14-12-2-1-3-13(12)15-10-16-14/h10-11,18H,1-9H2. The number of aryl methyl sites for hydroxylation is 1. The smallest absolute Gasteiger partial charge is 0.135 e. The maximum Gasteiger partial charge on any atom is 0.135 e. The van der Waals surface area contributed by atoms with Crippen molar-refractivity contribution < 1.29 is 9.84 Å². The molecule has 0 amide bonds. The van der Waals surface area contributed by atoms with Crippen LogP contribution in [-0.2, 0) is 17.6 Å². The zero-order chi connectivity index (χ0) is 13.1. The summed E-state index contributed by atoms with van der Waals surface area (Å²) < 4.78 is 5.60. The van der Waals surface area contributed by atoms with E-state index in [0.29, 0.717) is 12.7 Å². The summed E-state index contributed by atoms with van der Waals surface area (Å²) in [6, 6.07) is 0. The summed E-state index contributed by atoms with van der Waals surface area (Å²) in [6.07, 6.45) is 7.44. The Labute approximate surface area is 113 Å². The van der Waals surface area contributed by atoms with Gasteiger partial charge < -0.3 is 14.7 Å². The maximum atomic E-state index is 8.78. The summed E-state index contributed by atoms with van der Waals surface area (Å²) in [5.41, 5.74) is 2.60. The van der Waals surface area contributed by atoms with Crippen LogP contribution in [-0.4, -0.2) is 47.5 Å². The van der Waals surface area contributed by atoms with Gasteiger partial charge in [0.15, 0.2) is 0 Å². The van der Waals surface area contributed by atoms with E-state index in [2.05, 4.69) is 14.9 Å². The van der Waals surface area contributed by atoms with Crippen LogP contribution >= 0.6 is 0 Å². The fraction of sp³-hybridized carbons (Fsp3) is 0.714. The largest absolute Gasteiger partial charge is 0.394 e. The number of fused-ring (bicyclic) bond motifs is 1. The van der Waals surface area contributed by atoms with Gasteiger partial charge in [0.2, 0.25) is 0 Å². The van der Waals surface area contributed by atoms with Crippen molar-refractivity contribution in [2.24, 2.45) is 0 Å². The van der Waals surface area contributed by atoms with Crippen molar-refractivity contribution in [1.82, 2.24) is 9.97 Å². The van der Waals surface area contributed by atoms with Crippen LogP contribution in [0.3, 0.4) is 0 Å². The summed E-state index contributed by atoms with van der Waals surface area (Å²) in [5, 5.41) is 8.78. The van der Waals surface area contributed by atoms with Crippen molar-refractivity contribution in [3.63, 3.8) is 0 Å². The van der Waals surface area contributed by atoms with Gasteiger partial charge in [0.1, 0.15) is 12.1 Å². The molecule has 1 saturated heterocycles. The van der Waals surface area contributed by atoms with E-state index in [1.807, 2.05) is 0 Å². The van der Waals surface area contributed by atoms with Gasteiger partial charge in [-0.2, -0.15) is 0 Å². The molecule has 0 aromatic carbocycles. The molecular weight excluding hydrogens is 242 g/mol. The van der Waals surface area contributed by atoms with Crippen molar-refractivity contribution >= 4 is 5.82 Å². The lowest BCUT2D eigenvalue weighted by Gasteiger charge is -2.33. The van der Waals surface area contributed by atoms with Crippen molar-refractivity contribution in [1.29, 1.82) is 0 Å². The summed E-state index contributed by atoms with van der Waals surface area (Å²) >= 11 is 0. The van der Waals surface area contributed by atoms with E-state index in [-0.39, 0.29) is 6.61 Å². The molecule has 2 aliphatic rings. The van der Waals surface area contributed by atoms with Crippen molar-refractivity contribution in [2.45, 2.75) is 38.2 Å². The first-order chi connectivity index (χ1) is 9.38. The minimum atomic E-state index is 0.111. The predicted molar refractivity (Wildman–Crippen MR) is 72.3 cm³/mol. The van der Waals surface area contributed by atoms with Crippen LogP contribution in [0.5, 0.6) is 0 Å². The molecule has 0 bridgehead atoms. The molecule has 5 nitrogen and oxygen atoms in total. The number of nitrogens with zero attached hydrogens (tertiary/aromatic N) is 3. The first kappa shape index (κ1) is 12.8. The Bertz CT molecular complexity index is 431. The van der Waals surface area contributed by atoms with Crippen LogP contribution in [0.15, 0.2) is 6.33 Å². The van der Waals surface area contributed by atoms with Gasteiger partial charge in [-0.3, -0.25) is 0 Å². The first-order valence-electron chi connectivity index (χ1n) is 7.18. The molecule has 19 heavy (non-hydrogen) atoms. The van der Waals surface area contributed by atoms with Gasteiger partial charge in [0.25, 0.3) is 0 Å². The number of piperidine rings is 1. The second kappa shape index (κ2) is 5.84. The number of anilines is 1. The number of aromatic nitrogens is 2. The highest BCUT2D eigenvalue weighted by atomic mass is 16.5. The molecule has 1 N–H and O–H groups in total. The molecule has 1 aromatic rings. The molecule has 1 fully saturated rings. The van der Waals surface area contributed by atoms with Crippen LogP contribution in [0, 0.1) is 0 Å². The molecule has 0 radical (unpaired) electrons. The monoisotopic (exact) mass is 263 g/mol. The third-order valence-electron chi connectivity index (χ3n) is 4.04. The van der Waals surface area contributed by atoms with E-state index in [9.17, 15) is 0 Å². The predicted octanol–water partition coefficient (Wildman–Crippen LogP) is 0.943. The Morgan fingerprint density at radius 2 is 2.11 bits per heavy atom. The van der Waals surface area contributed by atoms with Crippen LogP contribution < -0.4 is 4.90 Å². The van der Waals surface area contributed by atoms with Gasteiger partial charge in [-0.1, -0.05) is 0 Å². The second-order valence-electron chi connectivity index (χ2n) is 5.26. The average Bonchev–Trinajstić information content (AvgIpc) is 2.94. The molecule has 1 aliphatic heterocycles. The number of ether oxygens (including phenoxy) is 1. The molecular formula is C14H21N3O2. The Morgan fingerprint density at radius 1 is 1.26 bits per heavy atom. The topological polar surface area (TPSA) is 58.5 Å². The second-order valence-corrected chi connectivity index (χ2v) is 5.26. The molecule has 3 rings (SSSR count). The number of hydrogen-bond acceptors (Lipinski definition) is 5. The molecule has 0 spiro atoms. The number of rotatable bonds is 4. The summed E-state index contributed by atoms with van der Waals surface area (Å²) in [5.74, 6) is 1.14. The Balaban J connectivity index is 1.64. The third-order valence-corrected chi connectivity index (χ3v) is 4.04. The lowest BCUT2D eigenvalue weighted by atomic mass is 10.1. The van der Waals surface area contributed by atoms with E-state index in [1.165, 1.54) is 17.7 Å². The van der Waals surface area contributed by atoms with Crippen LogP contribution in [0.4, 0.5) is 5.82 Å². The summed E-state index contributed by atoms with van der Waals surface area (Å²) in [6.45, 7) is 2.53. The van der Waals surface area contributed by atoms with Gasteiger partial charge in [-0.05, 0) is 32.1 Å². The molecule has 104 valence electrons. The maximum absolute atomic E-state index is 8.78. The highest BCUT2D eigenvalue weighted by Crippen LogP contribution is 2.29. The van der Waals surface area contributed by atoms with E-state index in [4.69, 9.17) is 9.84 Å². The third kappa shape index (κ3) is 2.72. The number of hydrogen-bond donors (Lipinski definition) is 1. The van der Waals surface area contributed by atoms with E-state index in [0.717, 1.165) is 44.6 Å². The van der Waals surface area contributed by atoms with Crippen molar-refractivity contribution in [2.75, 3.05) is 31.2 Å². The summed E-state index contributed by atoms with van der Waals surface area (Å²) in [4.78, 5) is 11.2. The lowest BCUT2D eigenvalue weighted by Crippen LogP contribution is -2.38. The average molecular weight is 263 g/mol. The van der Waals surface area contributed by atoms with Gasteiger partial charge >= 0.3 is 0 Å². The van der Waals surface area contributed by atoms with Gasteiger partial charge in [-0.25, -0.2) is 9.97 Å². The van der Waals surface area contributed by atoms with E-state index >= 15 is 0 Å². The van der Waals surface area contributed by atoms with Crippen molar-refractivity contribution in [3.05, 3.63) is 17.6 Å². The zero-order valence-electron chi connectivity index (χ0n) is 11.2. The Morgan fingerprint density at radius 3 is 2.89 bits per heavy atom. The molecule has 2 heterocycles. The van der Waals surface area contributed by atoms with Crippen LogP contribution in [0.2, 0.25) is 0 Å². The van der Waals surface area contributed by atoms with Gasteiger partial charge in [0.05, 0.1) is 19.3 Å². The quantitative estimate of drug-likeness (QED) is 0.876. The minimum absolute atomic E-state index is 0.111. The highest BCUT2D eigenvalue weighted by molar-refractivity contribution is 5.50. The number of aliphatic hydroxyl groups is 1. The zero-order valence-corrected chi connectivity index (χ0v) is 11.2. The van der Waals surface area contributed by atoms with E-state index < -0.39 is 0 Å². The highest BCUT2D eigenvalue weighted by Gasteiger charge is 2.25. The first-order valence-corrected chi connectivity index (χ1v) is 7.18. The van der Waals surface area contributed by atoms with Gasteiger partial charge in [0, 0.05) is 24.3 Å². The lowest BCUT2D eigenvalue weighted by molar-refractivity contribution is 0.0158. The molecule has 0 saturated carbocycles. The fourth-order valence-electron chi connectivity index (χ4n) is 3.07. The molecule has 0 unspecified atom stereocenters. The molecule has 5 heteroatoms. The normalized spacial score (nSPS) is 19.7. The van der Waals surface area contributed by atoms with Crippen LogP contribution in [0.1, 0.15) is 30.5 Å². The minimum Gasteiger partial charge on any atom is -0.394 e. The van der Waals surface area contributed by atoms with Gasteiger partial charge in [-0.15, -0.1) is 0 Å². The molecule has 1 aliphatic carbocycles. The SMILES string of the molecule is OCCOC1CCN(c2ncnc3c2CCC3)CC1. The fourth-order valence-corrected chi connectivity index (χ4v) is 3.07. The summed E-state index contributed by atoms with van der Waals surface area (Å²) in [7, 11) is 0. The Kier molecular flexibility index (Phi) is 3.94. The van der Waals surface area contributed by atoms with E-state index in [1.54, 1.807) is 6.33 Å². The molecule has 0 atom stereocenters. The van der Waals surface area contributed by atoms with Crippen LogP contribution in [0.25, 0.3) is 0 Å². The number of aliphatic hydroxyl groups excluding tert-OH is 1. The molecule has 1 aromatic heterocycles.